The van der Waals surface area contributed by atoms with Crippen LogP contribution in [0.4, 0.5) is 0 Å². The van der Waals surface area contributed by atoms with E-state index in [4.69, 9.17) is 11.1 Å². The number of imidazole rings is 1. The summed E-state index contributed by atoms with van der Waals surface area (Å²) in [6.07, 6.45) is 3.09. The first-order valence-corrected chi connectivity index (χ1v) is 7.22. The van der Waals surface area contributed by atoms with Gasteiger partial charge in [0.15, 0.2) is 5.65 Å². The Morgan fingerprint density at radius 2 is 2.15 bits per heavy atom. The van der Waals surface area contributed by atoms with Crippen molar-refractivity contribution in [1.82, 2.24) is 19.9 Å². The Balaban J connectivity index is 1.97. The molecule has 2 heterocycles. The number of aromatic nitrogens is 4. The number of aromatic amines is 1. The Labute approximate surface area is 126 Å². The van der Waals surface area contributed by atoms with Gasteiger partial charge >= 0.3 is 0 Å². The van der Waals surface area contributed by atoms with E-state index < -0.39 is 0 Å². The van der Waals surface area contributed by atoms with Crippen molar-refractivity contribution in [3.05, 3.63) is 40.9 Å². The lowest BCUT2D eigenvalue weighted by molar-refractivity contribution is 1.08. The summed E-state index contributed by atoms with van der Waals surface area (Å²) in [5.41, 5.74) is 7.61. The number of nitrogens with zero attached hydrogens (tertiary/aromatic N) is 3. The zero-order chi connectivity index (χ0) is 14.1. The molecule has 6 nitrogen and oxygen atoms in total. The summed E-state index contributed by atoms with van der Waals surface area (Å²) in [7, 11) is 0. The highest BCUT2D eigenvalue weighted by Gasteiger charge is 2.09. The summed E-state index contributed by atoms with van der Waals surface area (Å²) in [5, 5.41) is 8.26. The summed E-state index contributed by atoms with van der Waals surface area (Å²) in [6, 6.07) is 5.61. The van der Waals surface area contributed by atoms with E-state index >= 15 is 0 Å². The topological polar surface area (TPSA) is 104 Å². The molecule has 0 radical (unpaired) electrons. The van der Waals surface area contributed by atoms with E-state index in [2.05, 4.69) is 35.9 Å². The monoisotopic (exact) mass is 348 g/mol. The fraction of sp³-hybridized carbons (Fsp3) is 0. The maximum absolute atomic E-state index is 7.46. The molecule has 0 amide bonds. The first kappa shape index (κ1) is 13.1. The van der Waals surface area contributed by atoms with E-state index in [9.17, 15) is 0 Å². The summed E-state index contributed by atoms with van der Waals surface area (Å²) >= 11 is 4.91. The van der Waals surface area contributed by atoms with Crippen LogP contribution >= 0.6 is 27.7 Å². The second-order valence-corrected chi connectivity index (χ2v) is 5.85. The van der Waals surface area contributed by atoms with Crippen LogP contribution in [0.1, 0.15) is 5.56 Å². The first-order chi connectivity index (χ1) is 9.65. The predicted molar refractivity (Wildman–Crippen MR) is 81.0 cm³/mol. The van der Waals surface area contributed by atoms with Crippen molar-refractivity contribution in [2.45, 2.75) is 9.92 Å². The maximum Gasteiger partial charge on any atom is 0.181 e. The largest absolute Gasteiger partial charge is 0.384 e. The van der Waals surface area contributed by atoms with Gasteiger partial charge in [-0.05, 0) is 34.1 Å². The van der Waals surface area contributed by atoms with Gasteiger partial charge in [-0.2, -0.15) is 0 Å². The zero-order valence-corrected chi connectivity index (χ0v) is 12.5. The summed E-state index contributed by atoms with van der Waals surface area (Å²) in [4.78, 5) is 16.5. The van der Waals surface area contributed by atoms with Gasteiger partial charge in [0.2, 0.25) is 0 Å². The Morgan fingerprint density at radius 3 is 2.90 bits per heavy atom. The lowest BCUT2D eigenvalue weighted by Gasteiger charge is -2.06. The highest BCUT2D eigenvalue weighted by Crippen LogP contribution is 2.32. The average molecular weight is 349 g/mol. The molecule has 0 fully saturated rings. The number of H-pyrrole nitrogens is 1. The number of rotatable bonds is 3. The van der Waals surface area contributed by atoms with Gasteiger partial charge in [-0.3, -0.25) is 5.41 Å². The van der Waals surface area contributed by atoms with Crippen molar-refractivity contribution < 1.29 is 0 Å². The number of nitrogens with two attached hydrogens (primary N) is 1. The van der Waals surface area contributed by atoms with Crippen LogP contribution in [0.15, 0.2) is 45.2 Å². The first-order valence-electron chi connectivity index (χ1n) is 5.61. The number of fused-ring (bicyclic) bond motifs is 1. The van der Waals surface area contributed by atoms with E-state index in [1.54, 1.807) is 12.4 Å². The predicted octanol–water partition coefficient (Wildman–Crippen LogP) is 2.55. The normalized spacial score (nSPS) is 10.8. The summed E-state index contributed by atoms with van der Waals surface area (Å²) in [5.74, 6) is 0.0337. The number of halogens is 1. The fourth-order valence-corrected chi connectivity index (χ4v) is 3.34. The van der Waals surface area contributed by atoms with Crippen molar-refractivity contribution in [2.24, 2.45) is 5.73 Å². The van der Waals surface area contributed by atoms with Crippen molar-refractivity contribution in [2.75, 3.05) is 0 Å². The molecule has 0 atom stereocenters. The van der Waals surface area contributed by atoms with Gasteiger partial charge in [0.1, 0.15) is 22.7 Å². The molecule has 0 aliphatic heterocycles. The van der Waals surface area contributed by atoms with Gasteiger partial charge < -0.3 is 10.7 Å². The quantitative estimate of drug-likeness (QED) is 0.383. The number of nitrogens with one attached hydrogen (secondary N) is 2. The van der Waals surface area contributed by atoms with Crippen LogP contribution in [0, 0.1) is 5.41 Å². The molecule has 2 aromatic heterocycles. The van der Waals surface area contributed by atoms with Crippen molar-refractivity contribution in [1.29, 1.82) is 5.41 Å². The summed E-state index contributed by atoms with van der Waals surface area (Å²) < 4.78 is 0.782. The SMILES string of the molecule is N=C(N)c1ccc(Sc2ncnc3nc[nH]c23)cc1Br. The third-order valence-corrected chi connectivity index (χ3v) is 4.28. The molecule has 0 aliphatic carbocycles. The van der Waals surface area contributed by atoms with E-state index in [1.165, 1.54) is 18.1 Å². The lowest BCUT2D eigenvalue weighted by Crippen LogP contribution is -2.11. The van der Waals surface area contributed by atoms with Crippen LogP contribution in [0.25, 0.3) is 11.2 Å². The molecular weight excluding hydrogens is 340 g/mol. The van der Waals surface area contributed by atoms with E-state index in [-0.39, 0.29) is 5.84 Å². The number of benzene rings is 1. The zero-order valence-electron chi connectivity index (χ0n) is 10.1. The number of hydrogen-bond acceptors (Lipinski definition) is 5. The molecule has 20 heavy (non-hydrogen) atoms. The third kappa shape index (κ3) is 2.39. The highest BCUT2D eigenvalue weighted by atomic mass is 79.9. The van der Waals surface area contributed by atoms with E-state index in [0.717, 1.165) is 19.9 Å². The fourth-order valence-electron chi connectivity index (χ4n) is 1.71. The van der Waals surface area contributed by atoms with Gasteiger partial charge in [-0.1, -0.05) is 11.8 Å². The molecular formula is C12H9BrN6S. The van der Waals surface area contributed by atoms with E-state index in [0.29, 0.717) is 11.2 Å². The van der Waals surface area contributed by atoms with Crippen LogP contribution < -0.4 is 5.73 Å². The minimum Gasteiger partial charge on any atom is -0.384 e. The van der Waals surface area contributed by atoms with Crippen LogP contribution in [-0.2, 0) is 0 Å². The van der Waals surface area contributed by atoms with Gasteiger partial charge in [-0.15, -0.1) is 0 Å². The molecule has 0 saturated heterocycles. The third-order valence-electron chi connectivity index (χ3n) is 2.63. The van der Waals surface area contributed by atoms with Crippen molar-refractivity contribution in [3.63, 3.8) is 0 Å². The number of hydrogen-bond donors (Lipinski definition) is 3. The number of amidine groups is 1. The molecule has 8 heteroatoms. The molecule has 0 unspecified atom stereocenters. The lowest BCUT2D eigenvalue weighted by atomic mass is 10.2. The number of nitrogen functional groups attached to an aromatic ring is 1. The summed E-state index contributed by atoms with van der Waals surface area (Å²) in [6.45, 7) is 0. The Morgan fingerprint density at radius 1 is 1.30 bits per heavy atom. The van der Waals surface area contributed by atoms with Crippen molar-refractivity contribution in [3.8, 4) is 0 Å². The molecule has 3 aromatic rings. The molecule has 0 aliphatic rings. The Hall–Kier alpha value is -1.93. The molecule has 0 spiro atoms. The van der Waals surface area contributed by atoms with Gasteiger partial charge in [-0.25, -0.2) is 15.0 Å². The molecule has 4 N–H and O–H groups in total. The highest BCUT2D eigenvalue weighted by molar-refractivity contribution is 9.10. The minimum absolute atomic E-state index is 0.0337. The van der Waals surface area contributed by atoms with Crippen LogP contribution in [0.5, 0.6) is 0 Å². The standard InChI is InChI=1S/C12H9BrN6S/c13-8-3-6(1-2-7(8)10(14)15)20-12-9-11(17-4-16-9)18-5-19-12/h1-5H,(H3,14,15)(H,16,17,18,19). The van der Waals surface area contributed by atoms with Gasteiger partial charge in [0.05, 0.1) is 6.33 Å². The molecule has 100 valence electrons. The molecule has 0 saturated carbocycles. The van der Waals surface area contributed by atoms with Gasteiger partial charge in [0.25, 0.3) is 0 Å². The second kappa shape index (κ2) is 5.22. The average Bonchev–Trinajstić information content (AvgIpc) is 2.87. The second-order valence-electron chi connectivity index (χ2n) is 3.94. The maximum atomic E-state index is 7.46. The van der Waals surface area contributed by atoms with Crippen LogP contribution in [-0.4, -0.2) is 25.8 Å². The minimum atomic E-state index is 0.0337. The van der Waals surface area contributed by atoms with Crippen molar-refractivity contribution >= 4 is 44.7 Å². The van der Waals surface area contributed by atoms with Gasteiger partial charge in [0, 0.05) is 14.9 Å². The molecule has 1 aromatic carbocycles. The Kier molecular flexibility index (Phi) is 3.41. The Bertz CT molecular complexity index is 799. The molecule has 3 rings (SSSR count). The molecule has 0 bridgehead atoms. The van der Waals surface area contributed by atoms with Crippen LogP contribution in [0.2, 0.25) is 0 Å². The smallest absolute Gasteiger partial charge is 0.181 e. The van der Waals surface area contributed by atoms with Crippen LogP contribution in [0.3, 0.4) is 0 Å². The van der Waals surface area contributed by atoms with E-state index in [1.807, 2.05) is 12.1 Å².